The number of aromatic nitrogens is 1. The number of amides is 1. The topological polar surface area (TPSA) is 65.5 Å². The number of aliphatic hydroxyl groups excluding tert-OH is 1. The average molecular weight is 283 g/mol. The molecule has 1 aromatic heterocycles. The number of carbonyl (C=O) groups is 1. The Morgan fingerprint density at radius 2 is 2.25 bits per heavy atom. The summed E-state index contributed by atoms with van der Waals surface area (Å²) in [6, 6.07) is 1.16. The van der Waals surface area contributed by atoms with E-state index in [1.165, 1.54) is 6.07 Å². The van der Waals surface area contributed by atoms with Gasteiger partial charge >= 0.3 is 0 Å². The van der Waals surface area contributed by atoms with Crippen molar-refractivity contribution < 1.29 is 14.3 Å². The van der Waals surface area contributed by atoms with Crippen LogP contribution in [0.4, 0.5) is 10.2 Å². The van der Waals surface area contributed by atoms with Crippen LogP contribution in [0, 0.1) is 5.82 Å². The lowest BCUT2D eigenvalue weighted by molar-refractivity contribution is 0.0693. The first-order valence-electron chi connectivity index (χ1n) is 6.82. The monoisotopic (exact) mass is 283 g/mol. The fraction of sp³-hybridized carbons (Fsp3) is 0.571. The van der Waals surface area contributed by atoms with Gasteiger partial charge in [-0.05, 0) is 33.3 Å². The number of pyridine rings is 1. The summed E-state index contributed by atoms with van der Waals surface area (Å²) in [5.41, 5.74) is 0.221. The van der Waals surface area contributed by atoms with Crippen LogP contribution in [0.15, 0.2) is 12.3 Å². The van der Waals surface area contributed by atoms with Crippen molar-refractivity contribution in [2.75, 3.05) is 25.0 Å². The maximum Gasteiger partial charge on any atom is 0.257 e. The molecule has 0 atom stereocenters. The molecule has 1 aromatic rings. The molecule has 2 N–H and O–H groups in total. The van der Waals surface area contributed by atoms with Gasteiger partial charge in [-0.1, -0.05) is 0 Å². The molecule has 0 radical (unpaired) electrons. The van der Waals surface area contributed by atoms with Crippen molar-refractivity contribution in [1.82, 2.24) is 9.88 Å². The molecule has 0 fully saturated rings. The van der Waals surface area contributed by atoms with E-state index in [2.05, 4.69) is 10.3 Å². The molecule has 1 rings (SSSR count). The third kappa shape index (κ3) is 4.16. The molecule has 1 amide bonds. The molecule has 1 heterocycles. The van der Waals surface area contributed by atoms with Gasteiger partial charge in [0, 0.05) is 25.7 Å². The van der Waals surface area contributed by atoms with Gasteiger partial charge in [-0.15, -0.1) is 0 Å². The summed E-state index contributed by atoms with van der Waals surface area (Å²) in [6.07, 6.45) is 1.57. The zero-order valence-electron chi connectivity index (χ0n) is 12.2. The normalized spacial score (nSPS) is 10.7. The molecular weight excluding hydrogens is 261 g/mol. The molecule has 0 aliphatic heterocycles. The number of nitrogens with zero attached hydrogens (tertiary/aromatic N) is 2. The molecule has 20 heavy (non-hydrogen) atoms. The third-order valence-electron chi connectivity index (χ3n) is 2.87. The van der Waals surface area contributed by atoms with E-state index >= 15 is 0 Å². The molecule has 0 spiro atoms. The number of hydrogen-bond acceptors (Lipinski definition) is 4. The van der Waals surface area contributed by atoms with Gasteiger partial charge in [-0.25, -0.2) is 9.37 Å². The second kappa shape index (κ2) is 7.79. The summed E-state index contributed by atoms with van der Waals surface area (Å²) in [5.74, 6) is -0.439. The van der Waals surface area contributed by atoms with Gasteiger partial charge in [0.05, 0.1) is 11.8 Å². The zero-order valence-corrected chi connectivity index (χ0v) is 12.2. The lowest BCUT2D eigenvalue weighted by Crippen LogP contribution is -2.38. The van der Waals surface area contributed by atoms with Crippen LogP contribution in [-0.4, -0.2) is 46.6 Å². The molecule has 0 bridgehead atoms. The molecule has 0 aromatic carbocycles. The minimum atomic E-state index is -0.541. The Labute approximate surface area is 118 Å². The van der Waals surface area contributed by atoms with Crippen molar-refractivity contribution in [3.63, 3.8) is 0 Å². The van der Waals surface area contributed by atoms with E-state index in [0.29, 0.717) is 25.3 Å². The minimum absolute atomic E-state index is 0.0119. The summed E-state index contributed by atoms with van der Waals surface area (Å²) in [6.45, 7) is 6.68. The summed E-state index contributed by atoms with van der Waals surface area (Å²) in [4.78, 5) is 18.1. The first kappa shape index (κ1) is 16.4. The van der Waals surface area contributed by atoms with Crippen molar-refractivity contribution in [2.45, 2.75) is 33.2 Å². The van der Waals surface area contributed by atoms with E-state index in [1.54, 1.807) is 4.90 Å². The molecule has 0 saturated heterocycles. The van der Waals surface area contributed by atoms with E-state index in [9.17, 15) is 9.18 Å². The lowest BCUT2D eigenvalue weighted by Gasteiger charge is -2.27. The first-order valence-corrected chi connectivity index (χ1v) is 6.82. The third-order valence-corrected chi connectivity index (χ3v) is 2.87. The fourth-order valence-electron chi connectivity index (χ4n) is 1.90. The standard InChI is InChI=1S/C14H22FN3O2/c1-4-16-13-12(8-11(15)9-17-13)14(20)18(10(2)3)6-5-7-19/h8-10,19H,4-7H2,1-3H3,(H,16,17). The number of aliphatic hydroxyl groups is 1. The smallest absolute Gasteiger partial charge is 0.257 e. The van der Waals surface area contributed by atoms with Crippen LogP contribution < -0.4 is 5.32 Å². The van der Waals surface area contributed by atoms with E-state index in [0.717, 1.165) is 6.20 Å². The van der Waals surface area contributed by atoms with Crippen molar-refractivity contribution >= 4 is 11.7 Å². The van der Waals surface area contributed by atoms with E-state index in [4.69, 9.17) is 5.11 Å². The van der Waals surface area contributed by atoms with E-state index < -0.39 is 5.82 Å². The molecule has 112 valence electrons. The number of halogens is 1. The summed E-state index contributed by atoms with van der Waals surface area (Å²) in [5, 5.41) is 11.9. The lowest BCUT2D eigenvalue weighted by atomic mass is 10.1. The van der Waals surface area contributed by atoms with Crippen molar-refractivity contribution in [3.05, 3.63) is 23.6 Å². The molecule has 0 unspecified atom stereocenters. The van der Waals surface area contributed by atoms with Crippen LogP contribution >= 0.6 is 0 Å². The predicted octanol–water partition coefficient (Wildman–Crippen LogP) is 1.89. The quantitative estimate of drug-likeness (QED) is 0.802. The Hall–Kier alpha value is -1.69. The highest BCUT2D eigenvalue weighted by Gasteiger charge is 2.22. The molecule has 5 nitrogen and oxygen atoms in total. The summed E-state index contributed by atoms with van der Waals surface area (Å²) < 4.78 is 13.4. The Kier molecular flexibility index (Phi) is 6.38. The molecule has 0 aliphatic carbocycles. The second-order valence-corrected chi connectivity index (χ2v) is 4.75. The van der Waals surface area contributed by atoms with Crippen molar-refractivity contribution in [1.29, 1.82) is 0 Å². The number of anilines is 1. The van der Waals surface area contributed by atoms with Gasteiger partial charge < -0.3 is 15.3 Å². The van der Waals surface area contributed by atoms with Crippen LogP contribution in [0.5, 0.6) is 0 Å². The highest BCUT2D eigenvalue weighted by molar-refractivity contribution is 5.98. The van der Waals surface area contributed by atoms with Crippen molar-refractivity contribution in [2.24, 2.45) is 0 Å². The second-order valence-electron chi connectivity index (χ2n) is 4.75. The maximum atomic E-state index is 13.4. The number of rotatable bonds is 7. The van der Waals surface area contributed by atoms with Crippen LogP contribution in [0.3, 0.4) is 0 Å². The fourth-order valence-corrected chi connectivity index (χ4v) is 1.90. The Morgan fingerprint density at radius 1 is 1.55 bits per heavy atom. The molecule has 0 aliphatic rings. The molecule has 6 heteroatoms. The molecule has 0 saturated carbocycles. The highest BCUT2D eigenvalue weighted by Crippen LogP contribution is 2.17. The zero-order chi connectivity index (χ0) is 15.1. The van der Waals surface area contributed by atoms with Gasteiger partial charge in [0.15, 0.2) is 0 Å². The number of carbonyl (C=O) groups excluding carboxylic acids is 1. The minimum Gasteiger partial charge on any atom is -0.396 e. The largest absolute Gasteiger partial charge is 0.396 e. The van der Waals surface area contributed by atoms with Crippen molar-refractivity contribution in [3.8, 4) is 0 Å². The summed E-state index contributed by atoms with van der Waals surface area (Å²) >= 11 is 0. The van der Waals surface area contributed by atoms with Gasteiger partial charge in [-0.2, -0.15) is 0 Å². The predicted molar refractivity (Wildman–Crippen MR) is 76.2 cm³/mol. The number of nitrogens with one attached hydrogen (secondary N) is 1. The number of hydrogen-bond donors (Lipinski definition) is 2. The molecular formula is C14H22FN3O2. The summed E-state index contributed by atoms with van der Waals surface area (Å²) in [7, 11) is 0. The van der Waals surface area contributed by atoms with E-state index in [-0.39, 0.29) is 24.1 Å². The highest BCUT2D eigenvalue weighted by atomic mass is 19.1. The van der Waals surface area contributed by atoms with Gasteiger partial charge in [0.2, 0.25) is 0 Å². The average Bonchev–Trinajstić information content (AvgIpc) is 2.41. The van der Waals surface area contributed by atoms with Gasteiger partial charge in [0.1, 0.15) is 11.6 Å². The van der Waals surface area contributed by atoms with Gasteiger partial charge in [-0.3, -0.25) is 4.79 Å². The first-order chi connectivity index (χ1) is 9.51. The Morgan fingerprint density at radius 3 is 2.80 bits per heavy atom. The Bertz CT molecular complexity index is 452. The van der Waals surface area contributed by atoms with Crippen LogP contribution in [0.1, 0.15) is 37.6 Å². The van der Waals surface area contributed by atoms with Crippen LogP contribution in [0.25, 0.3) is 0 Å². The van der Waals surface area contributed by atoms with Gasteiger partial charge in [0.25, 0.3) is 5.91 Å². The van der Waals surface area contributed by atoms with E-state index in [1.807, 2.05) is 20.8 Å². The van der Waals surface area contributed by atoms with Crippen LogP contribution in [0.2, 0.25) is 0 Å². The Balaban J connectivity index is 3.06. The van der Waals surface area contributed by atoms with Crippen LogP contribution in [-0.2, 0) is 0 Å². The maximum absolute atomic E-state index is 13.4. The SMILES string of the molecule is CCNc1ncc(F)cc1C(=O)N(CCCO)C(C)C.